The Morgan fingerprint density at radius 3 is 2.42 bits per heavy atom. The Hall–Kier alpha value is -2.13. The number of rotatable bonds is 3. The molecule has 3 aromatic rings. The van der Waals surface area contributed by atoms with Gasteiger partial charge in [0, 0.05) is 16.6 Å². The molecule has 0 aliphatic rings. The van der Waals surface area contributed by atoms with Crippen LogP contribution in [0.1, 0.15) is 5.56 Å². The van der Waals surface area contributed by atoms with Gasteiger partial charge in [-0.2, -0.15) is 0 Å². The number of thiazole rings is 1. The summed E-state index contributed by atoms with van der Waals surface area (Å²) in [7, 11) is 0. The molecule has 1 aromatic heterocycles. The van der Waals surface area contributed by atoms with Crippen molar-refractivity contribution in [1.82, 2.24) is 4.98 Å². The van der Waals surface area contributed by atoms with Crippen LogP contribution < -0.4 is 5.32 Å². The summed E-state index contributed by atoms with van der Waals surface area (Å²) in [6.45, 7) is 2.09. The second-order valence-electron chi connectivity index (χ2n) is 4.39. The molecular formula is C16H14N2S. The van der Waals surface area contributed by atoms with Crippen LogP contribution >= 0.6 is 11.3 Å². The third kappa shape index (κ3) is 2.83. The molecule has 0 unspecified atom stereocenters. The van der Waals surface area contributed by atoms with Crippen molar-refractivity contribution in [3.8, 4) is 11.3 Å². The Labute approximate surface area is 116 Å². The summed E-state index contributed by atoms with van der Waals surface area (Å²) in [4.78, 5) is 4.61. The molecule has 0 saturated heterocycles. The fourth-order valence-corrected chi connectivity index (χ4v) is 2.57. The molecule has 0 radical (unpaired) electrons. The van der Waals surface area contributed by atoms with E-state index in [0.717, 1.165) is 22.1 Å². The molecule has 0 aliphatic heterocycles. The minimum atomic E-state index is 0.918. The van der Waals surface area contributed by atoms with Crippen LogP contribution in [0.3, 0.4) is 0 Å². The average Bonchev–Trinajstić information content (AvgIpc) is 2.89. The molecule has 0 atom stereocenters. The van der Waals surface area contributed by atoms with Crippen molar-refractivity contribution in [3.63, 3.8) is 0 Å². The summed E-state index contributed by atoms with van der Waals surface area (Å²) in [6.07, 6.45) is 0. The predicted octanol–water partition coefficient (Wildman–Crippen LogP) is 4.86. The maximum Gasteiger partial charge on any atom is 0.187 e. The van der Waals surface area contributed by atoms with Gasteiger partial charge in [-0.1, -0.05) is 48.0 Å². The lowest BCUT2D eigenvalue weighted by Crippen LogP contribution is -1.88. The van der Waals surface area contributed by atoms with E-state index in [0.29, 0.717) is 0 Å². The Kier molecular flexibility index (Phi) is 3.29. The van der Waals surface area contributed by atoms with Crippen LogP contribution in [-0.4, -0.2) is 4.98 Å². The van der Waals surface area contributed by atoms with Crippen molar-refractivity contribution >= 4 is 22.2 Å². The van der Waals surface area contributed by atoms with Crippen LogP contribution in [0.15, 0.2) is 60.0 Å². The van der Waals surface area contributed by atoms with Crippen molar-refractivity contribution in [2.75, 3.05) is 5.32 Å². The molecule has 94 valence electrons. The minimum absolute atomic E-state index is 0.918. The van der Waals surface area contributed by atoms with E-state index in [1.807, 2.05) is 30.3 Å². The van der Waals surface area contributed by atoms with Gasteiger partial charge in [0.05, 0.1) is 5.69 Å². The van der Waals surface area contributed by atoms with Gasteiger partial charge in [0.25, 0.3) is 0 Å². The molecule has 19 heavy (non-hydrogen) atoms. The van der Waals surface area contributed by atoms with Crippen molar-refractivity contribution < 1.29 is 0 Å². The molecule has 1 N–H and O–H groups in total. The Balaban J connectivity index is 1.82. The molecule has 3 heteroatoms. The number of hydrogen-bond acceptors (Lipinski definition) is 3. The summed E-state index contributed by atoms with van der Waals surface area (Å²) < 4.78 is 0. The molecule has 0 amide bonds. The Morgan fingerprint density at radius 1 is 0.947 bits per heavy atom. The molecule has 0 fully saturated rings. The maximum atomic E-state index is 4.61. The molecule has 3 rings (SSSR count). The van der Waals surface area contributed by atoms with E-state index in [4.69, 9.17) is 0 Å². The number of benzene rings is 2. The van der Waals surface area contributed by atoms with Gasteiger partial charge in [0.1, 0.15) is 0 Å². The van der Waals surface area contributed by atoms with Gasteiger partial charge in [0.2, 0.25) is 0 Å². The second kappa shape index (κ2) is 5.24. The third-order valence-electron chi connectivity index (χ3n) is 2.88. The van der Waals surface area contributed by atoms with Gasteiger partial charge >= 0.3 is 0 Å². The lowest BCUT2D eigenvalue weighted by Gasteiger charge is -2.01. The van der Waals surface area contributed by atoms with Gasteiger partial charge < -0.3 is 5.32 Å². The van der Waals surface area contributed by atoms with Crippen molar-refractivity contribution in [3.05, 3.63) is 65.5 Å². The number of aryl methyl sites for hydroxylation is 1. The summed E-state index contributed by atoms with van der Waals surface area (Å²) in [5.41, 5.74) is 4.50. The van der Waals surface area contributed by atoms with E-state index >= 15 is 0 Å². The zero-order valence-corrected chi connectivity index (χ0v) is 11.4. The molecule has 2 nitrogen and oxygen atoms in total. The highest BCUT2D eigenvalue weighted by Crippen LogP contribution is 2.27. The summed E-state index contributed by atoms with van der Waals surface area (Å²) >= 11 is 1.62. The first-order valence-corrected chi connectivity index (χ1v) is 7.04. The maximum absolute atomic E-state index is 4.61. The van der Waals surface area contributed by atoms with Crippen molar-refractivity contribution in [2.45, 2.75) is 6.92 Å². The van der Waals surface area contributed by atoms with Gasteiger partial charge in [-0.3, -0.25) is 0 Å². The summed E-state index contributed by atoms with van der Waals surface area (Å²) in [5, 5.41) is 6.31. The third-order valence-corrected chi connectivity index (χ3v) is 3.63. The average molecular weight is 266 g/mol. The molecule has 0 spiro atoms. The fourth-order valence-electron chi connectivity index (χ4n) is 1.83. The van der Waals surface area contributed by atoms with E-state index in [-0.39, 0.29) is 0 Å². The van der Waals surface area contributed by atoms with Crippen LogP contribution in [0.25, 0.3) is 11.3 Å². The van der Waals surface area contributed by atoms with Crippen LogP contribution in [0.2, 0.25) is 0 Å². The Bertz CT molecular complexity index is 657. The van der Waals surface area contributed by atoms with Gasteiger partial charge in [-0.25, -0.2) is 4.98 Å². The Morgan fingerprint density at radius 2 is 1.68 bits per heavy atom. The highest BCUT2D eigenvalue weighted by Gasteiger charge is 2.04. The molecule has 0 bridgehead atoms. The number of aromatic nitrogens is 1. The standard InChI is InChI=1S/C16H14N2S/c1-12-7-9-13(10-8-12)15-11-19-16(18-15)17-14-5-3-2-4-6-14/h2-11H,1H3,(H,17,18). The largest absolute Gasteiger partial charge is 0.332 e. The number of nitrogens with zero attached hydrogens (tertiary/aromatic N) is 1. The highest BCUT2D eigenvalue weighted by atomic mass is 32.1. The first-order chi connectivity index (χ1) is 9.31. The van der Waals surface area contributed by atoms with Crippen LogP contribution in [0, 0.1) is 6.92 Å². The quantitative estimate of drug-likeness (QED) is 0.732. The number of anilines is 2. The van der Waals surface area contributed by atoms with Crippen LogP contribution in [0.5, 0.6) is 0 Å². The van der Waals surface area contributed by atoms with Crippen LogP contribution in [-0.2, 0) is 0 Å². The summed E-state index contributed by atoms with van der Waals surface area (Å²) in [5.74, 6) is 0. The predicted molar refractivity (Wildman–Crippen MR) is 82.0 cm³/mol. The monoisotopic (exact) mass is 266 g/mol. The molecular weight excluding hydrogens is 252 g/mol. The van der Waals surface area contributed by atoms with Crippen molar-refractivity contribution in [2.24, 2.45) is 0 Å². The lowest BCUT2D eigenvalue weighted by atomic mass is 10.1. The number of para-hydroxylation sites is 1. The first kappa shape index (κ1) is 11.9. The molecule has 2 aromatic carbocycles. The van der Waals surface area contributed by atoms with Gasteiger partial charge in [0.15, 0.2) is 5.13 Å². The van der Waals surface area contributed by atoms with E-state index in [2.05, 4.69) is 46.9 Å². The SMILES string of the molecule is Cc1ccc(-c2csc(Nc3ccccc3)n2)cc1. The molecule has 0 aliphatic carbocycles. The van der Waals surface area contributed by atoms with Crippen LogP contribution in [0.4, 0.5) is 10.8 Å². The van der Waals surface area contributed by atoms with E-state index in [1.54, 1.807) is 11.3 Å². The normalized spacial score (nSPS) is 10.4. The van der Waals surface area contributed by atoms with Crippen molar-refractivity contribution in [1.29, 1.82) is 0 Å². The zero-order chi connectivity index (χ0) is 13.1. The van der Waals surface area contributed by atoms with E-state index in [1.165, 1.54) is 5.56 Å². The first-order valence-electron chi connectivity index (χ1n) is 6.16. The van der Waals surface area contributed by atoms with E-state index in [9.17, 15) is 0 Å². The van der Waals surface area contributed by atoms with Gasteiger partial charge in [-0.15, -0.1) is 11.3 Å². The molecule has 0 saturated carbocycles. The number of nitrogens with one attached hydrogen (secondary N) is 1. The fraction of sp³-hybridized carbons (Fsp3) is 0.0625. The second-order valence-corrected chi connectivity index (χ2v) is 5.25. The van der Waals surface area contributed by atoms with Gasteiger partial charge in [-0.05, 0) is 19.1 Å². The topological polar surface area (TPSA) is 24.9 Å². The smallest absolute Gasteiger partial charge is 0.187 e. The lowest BCUT2D eigenvalue weighted by molar-refractivity contribution is 1.37. The molecule has 1 heterocycles. The van der Waals surface area contributed by atoms with E-state index < -0.39 is 0 Å². The minimum Gasteiger partial charge on any atom is -0.332 e. The zero-order valence-electron chi connectivity index (χ0n) is 10.6. The number of hydrogen-bond donors (Lipinski definition) is 1. The summed E-state index contributed by atoms with van der Waals surface area (Å²) in [6, 6.07) is 18.5. The highest BCUT2D eigenvalue weighted by molar-refractivity contribution is 7.14.